The lowest BCUT2D eigenvalue weighted by atomic mass is 9.76. The van der Waals surface area contributed by atoms with Crippen molar-refractivity contribution in [1.82, 2.24) is 10.2 Å². The Labute approximate surface area is 120 Å². The lowest BCUT2D eigenvalue weighted by molar-refractivity contribution is 0.0675. The van der Waals surface area contributed by atoms with Crippen molar-refractivity contribution in [2.24, 2.45) is 10.8 Å². The molecule has 1 spiro atoms. The summed E-state index contributed by atoms with van der Waals surface area (Å²) >= 11 is 0. The summed E-state index contributed by atoms with van der Waals surface area (Å²) in [4.78, 5) is 2.72. The molecule has 0 bridgehead atoms. The Kier molecular flexibility index (Phi) is 4.94. The molecular formula is C17H34N2. The van der Waals surface area contributed by atoms with Crippen molar-refractivity contribution in [3.63, 3.8) is 0 Å². The van der Waals surface area contributed by atoms with Crippen LogP contribution in [0.1, 0.15) is 66.2 Å². The van der Waals surface area contributed by atoms with Crippen molar-refractivity contribution in [1.29, 1.82) is 0 Å². The second kappa shape index (κ2) is 6.13. The van der Waals surface area contributed by atoms with Gasteiger partial charge in [0.05, 0.1) is 0 Å². The highest BCUT2D eigenvalue weighted by molar-refractivity contribution is 4.92. The van der Waals surface area contributed by atoms with Crippen LogP contribution in [0.2, 0.25) is 0 Å². The van der Waals surface area contributed by atoms with Crippen LogP contribution in [-0.4, -0.2) is 37.1 Å². The van der Waals surface area contributed by atoms with Gasteiger partial charge in [0.15, 0.2) is 0 Å². The van der Waals surface area contributed by atoms with Crippen molar-refractivity contribution in [3.8, 4) is 0 Å². The Morgan fingerprint density at radius 3 is 2.21 bits per heavy atom. The molecule has 2 aliphatic rings. The van der Waals surface area contributed by atoms with Crippen molar-refractivity contribution < 1.29 is 0 Å². The first-order valence-electron chi connectivity index (χ1n) is 8.43. The minimum atomic E-state index is 0.371. The van der Waals surface area contributed by atoms with E-state index in [4.69, 9.17) is 0 Å². The first-order valence-corrected chi connectivity index (χ1v) is 8.43. The molecule has 1 atom stereocenters. The molecule has 19 heavy (non-hydrogen) atoms. The van der Waals surface area contributed by atoms with Crippen LogP contribution in [0.15, 0.2) is 0 Å². The molecule has 112 valence electrons. The van der Waals surface area contributed by atoms with Crippen LogP contribution < -0.4 is 5.32 Å². The van der Waals surface area contributed by atoms with Crippen LogP contribution in [0.4, 0.5) is 0 Å². The highest BCUT2D eigenvalue weighted by Gasteiger charge is 2.38. The maximum atomic E-state index is 3.60. The highest BCUT2D eigenvalue weighted by atomic mass is 15.1. The van der Waals surface area contributed by atoms with Crippen LogP contribution >= 0.6 is 0 Å². The molecule has 1 N–H and O–H groups in total. The van der Waals surface area contributed by atoms with Crippen molar-refractivity contribution in [2.75, 3.05) is 26.2 Å². The van der Waals surface area contributed by atoms with E-state index in [0.29, 0.717) is 11.5 Å². The van der Waals surface area contributed by atoms with E-state index < -0.39 is 0 Å². The molecule has 1 unspecified atom stereocenters. The van der Waals surface area contributed by atoms with Gasteiger partial charge in [-0.25, -0.2) is 0 Å². The van der Waals surface area contributed by atoms with E-state index in [9.17, 15) is 0 Å². The lowest BCUT2D eigenvalue weighted by Gasteiger charge is -2.44. The van der Waals surface area contributed by atoms with Gasteiger partial charge >= 0.3 is 0 Å². The summed E-state index contributed by atoms with van der Waals surface area (Å²) in [7, 11) is 0. The molecule has 1 aliphatic carbocycles. The normalized spacial score (nSPS) is 25.9. The third-order valence-electron chi connectivity index (χ3n) is 5.89. The maximum absolute atomic E-state index is 3.60. The summed E-state index contributed by atoms with van der Waals surface area (Å²) in [5.74, 6) is 0. The first kappa shape index (κ1) is 15.3. The zero-order valence-corrected chi connectivity index (χ0v) is 13.6. The van der Waals surface area contributed by atoms with Gasteiger partial charge < -0.3 is 10.2 Å². The molecule has 2 fully saturated rings. The maximum Gasteiger partial charge on any atom is 0.0102 e. The van der Waals surface area contributed by atoms with Crippen molar-refractivity contribution in [3.05, 3.63) is 0 Å². The third kappa shape index (κ3) is 3.72. The van der Waals surface area contributed by atoms with E-state index >= 15 is 0 Å². The molecular weight excluding hydrogens is 232 g/mol. The predicted octanol–water partition coefficient (Wildman–Crippen LogP) is 3.67. The number of rotatable bonds is 5. The molecule has 2 nitrogen and oxygen atoms in total. The largest absolute Gasteiger partial charge is 0.314 e. The topological polar surface area (TPSA) is 15.3 Å². The third-order valence-corrected chi connectivity index (χ3v) is 5.89. The Bertz CT molecular complexity index is 269. The van der Waals surface area contributed by atoms with Crippen molar-refractivity contribution in [2.45, 2.75) is 72.3 Å². The predicted molar refractivity (Wildman–Crippen MR) is 83.5 cm³/mol. The monoisotopic (exact) mass is 266 g/mol. The number of nitrogens with zero attached hydrogens (tertiary/aromatic N) is 1. The van der Waals surface area contributed by atoms with Crippen LogP contribution in [0, 0.1) is 10.8 Å². The van der Waals surface area contributed by atoms with Gasteiger partial charge in [0.1, 0.15) is 0 Å². The lowest BCUT2D eigenvalue weighted by Crippen LogP contribution is -2.49. The molecule has 1 saturated carbocycles. The molecule has 0 amide bonds. The van der Waals surface area contributed by atoms with Gasteiger partial charge in [0, 0.05) is 12.6 Å². The minimum absolute atomic E-state index is 0.371. The van der Waals surface area contributed by atoms with Gasteiger partial charge in [0.2, 0.25) is 0 Å². The summed E-state index contributed by atoms with van der Waals surface area (Å²) in [6.07, 6.45) is 8.92. The SMILES string of the molecule is CCNC(C)C(C)(C)CN1CCC2(CCCC2)CC1. The van der Waals surface area contributed by atoms with Crippen molar-refractivity contribution >= 4 is 0 Å². The number of likely N-dealkylation sites (tertiary alicyclic amines) is 1. The summed E-state index contributed by atoms with van der Waals surface area (Å²) in [5.41, 5.74) is 1.13. The summed E-state index contributed by atoms with van der Waals surface area (Å²) in [6, 6.07) is 0.597. The number of piperidine rings is 1. The van der Waals surface area contributed by atoms with E-state index in [1.54, 1.807) is 0 Å². The smallest absolute Gasteiger partial charge is 0.0102 e. The molecule has 1 aliphatic heterocycles. The zero-order valence-electron chi connectivity index (χ0n) is 13.6. The number of hydrogen-bond donors (Lipinski definition) is 1. The Morgan fingerprint density at radius 1 is 1.11 bits per heavy atom. The molecule has 2 rings (SSSR count). The van der Waals surface area contributed by atoms with E-state index in [0.717, 1.165) is 12.0 Å². The van der Waals surface area contributed by atoms with Crippen LogP contribution in [0.3, 0.4) is 0 Å². The fourth-order valence-corrected chi connectivity index (χ4v) is 4.11. The second-order valence-electron chi connectivity index (χ2n) is 7.75. The summed E-state index contributed by atoms with van der Waals surface area (Å²) in [6.45, 7) is 14.4. The molecule has 0 radical (unpaired) electrons. The Hall–Kier alpha value is -0.0800. The quantitative estimate of drug-likeness (QED) is 0.817. The van der Waals surface area contributed by atoms with Gasteiger partial charge in [-0.3, -0.25) is 0 Å². The average Bonchev–Trinajstić information content (AvgIpc) is 2.81. The Morgan fingerprint density at radius 2 is 1.68 bits per heavy atom. The molecule has 0 aromatic heterocycles. The first-order chi connectivity index (χ1) is 8.97. The van der Waals surface area contributed by atoms with E-state index in [2.05, 4.69) is 37.9 Å². The zero-order chi connectivity index (χ0) is 13.9. The van der Waals surface area contributed by atoms with E-state index in [1.807, 2.05) is 0 Å². The van der Waals surface area contributed by atoms with E-state index in [-0.39, 0.29) is 0 Å². The summed E-state index contributed by atoms with van der Waals surface area (Å²) in [5, 5.41) is 3.60. The Balaban J connectivity index is 1.81. The average molecular weight is 266 g/mol. The molecule has 0 aromatic carbocycles. The fourth-order valence-electron chi connectivity index (χ4n) is 4.11. The minimum Gasteiger partial charge on any atom is -0.314 e. The number of hydrogen-bond acceptors (Lipinski definition) is 2. The molecule has 1 heterocycles. The highest BCUT2D eigenvalue weighted by Crippen LogP contribution is 2.46. The molecule has 1 saturated heterocycles. The van der Waals surface area contributed by atoms with Gasteiger partial charge in [-0.05, 0) is 63.1 Å². The van der Waals surface area contributed by atoms with Gasteiger partial charge in [0.25, 0.3) is 0 Å². The van der Waals surface area contributed by atoms with Gasteiger partial charge in [-0.2, -0.15) is 0 Å². The van der Waals surface area contributed by atoms with Crippen LogP contribution in [0.25, 0.3) is 0 Å². The van der Waals surface area contributed by atoms with Gasteiger partial charge in [-0.1, -0.05) is 33.6 Å². The molecule has 0 aromatic rings. The van der Waals surface area contributed by atoms with Crippen LogP contribution in [0.5, 0.6) is 0 Å². The second-order valence-corrected chi connectivity index (χ2v) is 7.75. The summed E-state index contributed by atoms with van der Waals surface area (Å²) < 4.78 is 0. The van der Waals surface area contributed by atoms with E-state index in [1.165, 1.54) is 58.2 Å². The number of nitrogens with one attached hydrogen (secondary N) is 1. The molecule has 2 heteroatoms. The van der Waals surface area contributed by atoms with Crippen LogP contribution in [-0.2, 0) is 0 Å². The standard InChI is InChI=1S/C17H34N2/c1-5-18-15(2)16(3,4)14-19-12-10-17(11-13-19)8-6-7-9-17/h15,18H,5-14H2,1-4H3. The fraction of sp³-hybridized carbons (Fsp3) is 1.00. The van der Waals surface area contributed by atoms with Gasteiger partial charge in [-0.15, -0.1) is 0 Å².